The molecule has 0 rings (SSSR count). The molecule has 0 fully saturated rings. The zero-order chi connectivity index (χ0) is 35.4. The van der Waals surface area contributed by atoms with E-state index in [0.29, 0.717) is 12.8 Å². The van der Waals surface area contributed by atoms with Crippen molar-refractivity contribution in [2.45, 2.75) is 200 Å². The highest BCUT2D eigenvalue weighted by atomic mass is 32.3. The third kappa shape index (κ3) is 37.1. The molecule has 1 unspecified atom stereocenters. The number of allylic oxidation sites excluding steroid dienone is 4. The van der Waals surface area contributed by atoms with E-state index in [1.54, 1.807) is 0 Å². The summed E-state index contributed by atoms with van der Waals surface area (Å²) in [5, 5.41) is 0. The van der Waals surface area contributed by atoms with E-state index in [1.165, 1.54) is 89.9 Å². The molecule has 0 aliphatic carbocycles. The lowest BCUT2D eigenvalue weighted by Crippen LogP contribution is -2.30. The van der Waals surface area contributed by atoms with Gasteiger partial charge in [-0.1, -0.05) is 141 Å². The van der Waals surface area contributed by atoms with Gasteiger partial charge in [0.1, 0.15) is 13.2 Å². The average molecular weight is 701 g/mol. The van der Waals surface area contributed by atoms with Gasteiger partial charge in [-0.15, -0.1) is 0 Å². The van der Waals surface area contributed by atoms with Gasteiger partial charge >= 0.3 is 22.3 Å². The van der Waals surface area contributed by atoms with Crippen LogP contribution in [0.15, 0.2) is 24.3 Å². The van der Waals surface area contributed by atoms with Crippen molar-refractivity contribution in [3.8, 4) is 0 Å². The van der Waals surface area contributed by atoms with Gasteiger partial charge in [0.25, 0.3) is 0 Å². The highest BCUT2D eigenvalue weighted by Gasteiger charge is 2.20. The van der Waals surface area contributed by atoms with Crippen LogP contribution in [-0.2, 0) is 33.6 Å². The summed E-state index contributed by atoms with van der Waals surface area (Å²) in [5.41, 5.74) is 0. The average Bonchev–Trinajstić information content (AvgIpc) is 3.05. The predicted octanol–water partition coefficient (Wildman–Crippen LogP) is 11.3. The Bertz CT molecular complexity index is 900. The van der Waals surface area contributed by atoms with Gasteiger partial charge in [-0.25, -0.2) is 4.18 Å². The van der Waals surface area contributed by atoms with Crippen LogP contribution in [0.5, 0.6) is 0 Å². The van der Waals surface area contributed by atoms with E-state index in [4.69, 9.17) is 14.0 Å². The molecule has 0 heterocycles. The molecule has 0 aromatic rings. The van der Waals surface area contributed by atoms with Crippen LogP contribution in [0.1, 0.15) is 194 Å². The van der Waals surface area contributed by atoms with Crippen molar-refractivity contribution in [2.24, 2.45) is 0 Å². The Labute approximate surface area is 295 Å². The molecule has 1 N–H and O–H groups in total. The van der Waals surface area contributed by atoms with Gasteiger partial charge in [-0.3, -0.25) is 14.1 Å². The lowest BCUT2D eigenvalue weighted by Gasteiger charge is -2.17. The van der Waals surface area contributed by atoms with Crippen molar-refractivity contribution in [2.75, 3.05) is 13.2 Å². The smallest absolute Gasteiger partial charge is 0.397 e. The number of hydrogen-bond acceptors (Lipinski definition) is 7. The molecular formula is C39H72O8S. The van der Waals surface area contributed by atoms with Crippen LogP contribution in [-0.4, -0.2) is 44.2 Å². The minimum atomic E-state index is -4.72. The molecular weight excluding hydrogens is 628 g/mol. The van der Waals surface area contributed by atoms with Crippen molar-refractivity contribution < 1.29 is 36.2 Å². The molecule has 0 saturated heterocycles. The Morgan fingerprint density at radius 3 is 1.27 bits per heavy atom. The van der Waals surface area contributed by atoms with Gasteiger partial charge in [0, 0.05) is 12.8 Å². The van der Waals surface area contributed by atoms with E-state index in [0.717, 1.165) is 64.2 Å². The van der Waals surface area contributed by atoms with Gasteiger partial charge in [0.05, 0.1) is 0 Å². The zero-order valence-electron chi connectivity index (χ0n) is 30.8. The normalized spacial score (nSPS) is 12.6. The third-order valence-corrected chi connectivity index (χ3v) is 8.85. The highest BCUT2D eigenvalue weighted by molar-refractivity contribution is 7.80. The van der Waals surface area contributed by atoms with E-state index in [2.05, 4.69) is 42.3 Å². The molecule has 8 nitrogen and oxygen atoms in total. The molecule has 0 amide bonds. The van der Waals surface area contributed by atoms with Crippen LogP contribution >= 0.6 is 0 Å². The van der Waals surface area contributed by atoms with Gasteiger partial charge < -0.3 is 9.47 Å². The SMILES string of the molecule is CCCCCCCCC=CCCCCCCCC(=O)OCC(COS(=O)(=O)O)OC(=O)CCCCCCCC=CCCCCCCCC. The van der Waals surface area contributed by atoms with E-state index in [-0.39, 0.29) is 19.4 Å². The van der Waals surface area contributed by atoms with Crippen LogP contribution in [0.2, 0.25) is 0 Å². The van der Waals surface area contributed by atoms with Gasteiger partial charge in [-0.2, -0.15) is 8.42 Å². The van der Waals surface area contributed by atoms with Crippen molar-refractivity contribution in [3.05, 3.63) is 24.3 Å². The molecule has 9 heteroatoms. The quantitative estimate of drug-likeness (QED) is 0.0297. The Morgan fingerprint density at radius 1 is 0.521 bits per heavy atom. The van der Waals surface area contributed by atoms with E-state index < -0.39 is 35.0 Å². The monoisotopic (exact) mass is 700 g/mol. The first-order valence-corrected chi connectivity index (χ1v) is 20.9. The molecule has 0 aliphatic heterocycles. The standard InChI is InChI=1S/C39H72O8S/c1-3-5-7-9-11-13-15-17-19-21-23-25-27-29-31-33-38(40)45-35-37(36-46-48(42,43)44)47-39(41)34-32-30-28-26-24-22-20-18-16-14-12-10-8-6-4-2/h17-20,37H,3-16,21-36H2,1-2H3,(H,42,43,44). The van der Waals surface area contributed by atoms with Crippen molar-refractivity contribution in [3.63, 3.8) is 0 Å². The summed E-state index contributed by atoms with van der Waals surface area (Å²) >= 11 is 0. The summed E-state index contributed by atoms with van der Waals surface area (Å²) in [6.45, 7) is 3.55. The summed E-state index contributed by atoms with van der Waals surface area (Å²) in [5.74, 6) is -0.942. The van der Waals surface area contributed by atoms with Gasteiger partial charge in [-0.05, 0) is 64.2 Å². The van der Waals surface area contributed by atoms with Crippen LogP contribution in [0.3, 0.4) is 0 Å². The second-order valence-corrected chi connectivity index (χ2v) is 14.3. The predicted molar refractivity (Wildman–Crippen MR) is 197 cm³/mol. The molecule has 0 bridgehead atoms. The van der Waals surface area contributed by atoms with Crippen molar-refractivity contribution in [1.82, 2.24) is 0 Å². The maximum absolute atomic E-state index is 12.3. The second kappa shape index (κ2) is 35.1. The first-order chi connectivity index (χ1) is 23.3. The highest BCUT2D eigenvalue weighted by Crippen LogP contribution is 2.13. The Kier molecular flexibility index (Phi) is 33.9. The molecule has 1 atom stereocenters. The first-order valence-electron chi connectivity index (χ1n) is 19.5. The molecule has 0 aromatic heterocycles. The van der Waals surface area contributed by atoms with E-state index in [1.807, 2.05) is 0 Å². The minimum Gasteiger partial charge on any atom is -0.462 e. The molecule has 0 saturated carbocycles. The topological polar surface area (TPSA) is 116 Å². The molecule has 0 aliphatic rings. The second-order valence-electron chi connectivity index (χ2n) is 13.2. The fraction of sp³-hybridized carbons (Fsp3) is 0.846. The van der Waals surface area contributed by atoms with Crippen LogP contribution in [0.25, 0.3) is 0 Å². The summed E-state index contributed by atoms with van der Waals surface area (Å²) < 4.78 is 45.9. The van der Waals surface area contributed by atoms with E-state index >= 15 is 0 Å². The van der Waals surface area contributed by atoms with Crippen LogP contribution in [0, 0.1) is 0 Å². The summed E-state index contributed by atoms with van der Waals surface area (Å²) in [4.78, 5) is 24.6. The number of hydrogen-bond donors (Lipinski definition) is 1. The number of carbonyl (C=O) groups is 2. The number of carbonyl (C=O) groups excluding carboxylic acids is 2. The fourth-order valence-electron chi connectivity index (χ4n) is 5.46. The fourth-order valence-corrected chi connectivity index (χ4v) is 5.78. The van der Waals surface area contributed by atoms with Crippen LogP contribution in [0.4, 0.5) is 0 Å². The van der Waals surface area contributed by atoms with Gasteiger partial charge in [0.15, 0.2) is 6.10 Å². The lowest BCUT2D eigenvalue weighted by atomic mass is 10.1. The third-order valence-electron chi connectivity index (χ3n) is 8.42. The summed E-state index contributed by atoms with van der Waals surface area (Å²) in [7, 11) is -4.72. The molecule has 0 radical (unpaired) electrons. The van der Waals surface area contributed by atoms with Crippen molar-refractivity contribution in [1.29, 1.82) is 0 Å². The Hall–Kier alpha value is -1.71. The number of ether oxygens (including phenoxy) is 2. The lowest BCUT2D eigenvalue weighted by molar-refractivity contribution is -0.161. The number of esters is 2. The first kappa shape index (κ1) is 46.3. The Morgan fingerprint density at radius 2 is 0.875 bits per heavy atom. The number of unbranched alkanes of at least 4 members (excludes halogenated alkanes) is 22. The molecule has 0 aromatic carbocycles. The summed E-state index contributed by atoms with van der Waals surface area (Å²) in [6.07, 6.45) is 38.7. The van der Waals surface area contributed by atoms with Crippen LogP contribution < -0.4 is 0 Å². The summed E-state index contributed by atoms with van der Waals surface area (Å²) in [6, 6.07) is 0. The molecule has 0 spiro atoms. The zero-order valence-corrected chi connectivity index (χ0v) is 31.6. The molecule has 282 valence electrons. The number of rotatable bonds is 36. The Balaban J connectivity index is 3.97. The van der Waals surface area contributed by atoms with Crippen molar-refractivity contribution >= 4 is 22.3 Å². The maximum atomic E-state index is 12.3. The minimum absolute atomic E-state index is 0.184. The molecule has 48 heavy (non-hydrogen) atoms. The largest absolute Gasteiger partial charge is 0.462 e. The van der Waals surface area contributed by atoms with E-state index in [9.17, 15) is 18.0 Å². The maximum Gasteiger partial charge on any atom is 0.397 e. The van der Waals surface area contributed by atoms with Gasteiger partial charge in [0.2, 0.25) is 0 Å².